The summed E-state index contributed by atoms with van der Waals surface area (Å²) in [5, 5.41) is 22.1. The van der Waals surface area contributed by atoms with E-state index in [9.17, 15) is 15.0 Å². The molecular formula is C15H14BrNO3. The van der Waals surface area contributed by atoms with Crippen molar-refractivity contribution in [3.8, 4) is 5.75 Å². The van der Waals surface area contributed by atoms with Gasteiger partial charge in [-0.3, -0.25) is 10.1 Å². The molecule has 2 rings (SSSR count). The summed E-state index contributed by atoms with van der Waals surface area (Å²) in [5.41, 5.74) is 1.32. The smallest absolute Gasteiger partial charge is 0.325 e. The van der Waals surface area contributed by atoms with Gasteiger partial charge < -0.3 is 10.2 Å². The predicted octanol–water partition coefficient (Wildman–Crippen LogP) is 3.07. The topological polar surface area (TPSA) is 69.6 Å². The number of carboxylic acids is 1. The number of benzene rings is 2. The molecule has 5 heteroatoms. The summed E-state index contributed by atoms with van der Waals surface area (Å²) in [6, 6.07) is 13.4. The first kappa shape index (κ1) is 14.6. The number of nitrogens with one attached hydrogen (secondary N) is 1. The molecule has 0 saturated carbocycles. The highest BCUT2D eigenvalue weighted by molar-refractivity contribution is 9.10. The minimum absolute atomic E-state index is 0.122. The lowest BCUT2D eigenvalue weighted by Gasteiger charge is -2.15. The van der Waals surface area contributed by atoms with E-state index in [-0.39, 0.29) is 12.3 Å². The molecule has 20 heavy (non-hydrogen) atoms. The van der Waals surface area contributed by atoms with E-state index >= 15 is 0 Å². The van der Waals surface area contributed by atoms with Gasteiger partial charge in [0.15, 0.2) is 0 Å². The summed E-state index contributed by atoms with van der Waals surface area (Å²) >= 11 is 3.23. The maximum atomic E-state index is 11.3. The molecule has 1 unspecified atom stereocenters. The number of halogens is 1. The Morgan fingerprint density at radius 1 is 1.15 bits per heavy atom. The molecule has 1 atom stereocenters. The van der Waals surface area contributed by atoms with E-state index in [1.54, 1.807) is 42.5 Å². The molecule has 104 valence electrons. The molecule has 0 amide bonds. The number of carbonyl (C=O) groups is 1. The molecule has 0 bridgehead atoms. The molecule has 0 radical (unpaired) electrons. The molecule has 0 aliphatic rings. The maximum Gasteiger partial charge on any atom is 0.325 e. The summed E-state index contributed by atoms with van der Waals surface area (Å²) in [6.45, 7) is 0.261. The summed E-state index contributed by atoms with van der Waals surface area (Å²) < 4.78 is 0.586. The van der Waals surface area contributed by atoms with Gasteiger partial charge in [0.05, 0.1) is 4.47 Å². The van der Waals surface area contributed by atoms with Gasteiger partial charge in [-0.25, -0.2) is 0 Å². The fourth-order valence-corrected chi connectivity index (χ4v) is 2.32. The lowest BCUT2D eigenvalue weighted by atomic mass is 10.1. The van der Waals surface area contributed by atoms with Crippen LogP contribution >= 0.6 is 15.9 Å². The van der Waals surface area contributed by atoms with Crippen LogP contribution < -0.4 is 5.32 Å². The van der Waals surface area contributed by atoms with Crippen molar-refractivity contribution in [3.63, 3.8) is 0 Å². The van der Waals surface area contributed by atoms with Crippen molar-refractivity contribution in [3.05, 3.63) is 64.1 Å². The quantitative estimate of drug-likeness (QED) is 0.785. The first-order valence-electron chi connectivity index (χ1n) is 6.07. The molecule has 0 saturated heterocycles. The molecule has 0 aliphatic heterocycles. The second-order valence-corrected chi connectivity index (χ2v) is 5.16. The number of phenolic OH excluding ortho intramolecular Hbond substituents is 1. The second-order valence-electron chi connectivity index (χ2n) is 4.31. The zero-order valence-corrected chi connectivity index (χ0v) is 12.2. The highest BCUT2D eigenvalue weighted by Crippen LogP contribution is 2.27. The van der Waals surface area contributed by atoms with Gasteiger partial charge in [0.2, 0.25) is 0 Å². The number of phenols is 1. The van der Waals surface area contributed by atoms with Crippen LogP contribution in [0.1, 0.15) is 17.2 Å². The number of hydrogen-bond acceptors (Lipinski definition) is 3. The number of hydrogen-bond donors (Lipinski definition) is 3. The van der Waals surface area contributed by atoms with E-state index in [0.29, 0.717) is 15.6 Å². The molecule has 0 aliphatic carbocycles. The number of rotatable bonds is 5. The van der Waals surface area contributed by atoms with Gasteiger partial charge in [0.25, 0.3) is 0 Å². The predicted molar refractivity (Wildman–Crippen MR) is 79.5 cm³/mol. The van der Waals surface area contributed by atoms with Crippen molar-refractivity contribution in [1.29, 1.82) is 0 Å². The molecule has 0 heterocycles. The van der Waals surface area contributed by atoms with Crippen LogP contribution in [-0.2, 0) is 11.3 Å². The molecule has 0 spiro atoms. The average Bonchev–Trinajstić information content (AvgIpc) is 2.44. The van der Waals surface area contributed by atoms with Crippen LogP contribution in [0.4, 0.5) is 0 Å². The third-order valence-electron chi connectivity index (χ3n) is 2.95. The van der Waals surface area contributed by atoms with Gasteiger partial charge in [-0.05, 0) is 27.6 Å². The molecule has 2 aromatic rings. The van der Waals surface area contributed by atoms with Crippen molar-refractivity contribution in [1.82, 2.24) is 5.32 Å². The SMILES string of the molecule is O=C(O)C(NCc1cccc(Br)c1O)c1ccccc1. The Bertz CT molecular complexity index is 601. The van der Waals surface area contributed by atoms with Crippen LogP contribution in [0.2, 0.25) is 0 Å². The molecular weight excluding hydrogens is 322 g/mol. The van der Waals surface area contributed by atoms with E-state index in [1.807, 2.05) is 6.07 Å². The van der Waals surface area contributed by atoms with Crippen LogP contribution in [0.25, 0.3) is 0 Å². The zero-order chi connectivity index (χ0) is 14.5. The highest BCUT2D eigenvalue weighted by Gasteiger charge is 2.19. The van der Waals surface area contributed by atoms with Crippen molar-refractivity contribution in [2.45, 2.75) is 12.6 Å². The van der Waals surface area contributed by atoms with Crippen molar-refractivity contribution < 1.29 is 15.0 Å². The van der Waals surface area contributed by atoms with Crippen LogP contribution in [0, 0.1) is 0 Å². The fraction of sp³-hybridized carbons (Fsp3) is 0.133. The largest absolute Gasteiger partial charge is 0.506 e. The van der Waals surface area contributed by atoms with Crippen LogP contribution in [0.5, 0.6) is 5.75 Å². The Labute approximate surface area is 125 Å². The Morgan fingerprint density at radius 2 is 1.85 bits per heavy atom. The van der Waals surface area contributed by atoms with Gasteiger partial charge in [-0.15, -0.1) is 0 Å². The average molecular weight is 336 g/mol. The van der Waals surface area contributed by atoms with E-state index in [2.05, 4.69) is 21.2 Å². The lowest BCUT2D eigenvalue weighted by Crippen LogP contribution is -2.28. The van der Waals surface area contributed by atoms with Crippen LogP contribution in [-0.4, -0.2) is 16.2 Å². The maximum absolute atomic E-state index is 11.3. The minimum atomic E-state index is -0.953. The molecule has 0 fully saturated rings. The number of para-hydroxylation sites is 1. The Balaban J connectivity index is 2.14. The Morgan fingerprint density at radius 3 is 2.50 bits per heavy atom. The van der Waals surface area contributed by atoms with Gasteiger partial charge in [0, 0.05) is 12.1 Å². The third-order valence-corrected chi connectivity index (χ3v) is 3.59. The van der Waals surface area contributed by atoms with Crippen molar-refractivity contribution in [2.75, 3.05) is 0 Å². The minimum Gasteiger partial charge on any atom is -0.506 e. The lowest BCUT2D eigenvalue weighted by molar-refractivity contribution is -0.139. The third kappa shape index (κ3) is 3.37. The van der Waals surface area contributed by atoms with E-state index in [4.69, 9.17) is 0 Å². The first-order valence-corrected chi connectivity index (χ1v) is 6.86. The van der Waals surface area contributed by atoms with Gasteiger partial charge >= 0.3 is 5.97 Å². The van der Waals surface area contributed by atoms with Gasteiger partial charge in [-0.2, -0.15) is 0 Å². The molecule has 0 aromatic heterocycles. The fourth-order valence-electron chi connectivity index (χ4n) is 1.91. The van der Waals surface area contributed by atoms with E-state index in [1.165, 1.54) is 0 Å². The highest BCUT2D eigenvalue weighted by atomic mass is 79.9. The second kappa shape index (κ2) is 6.54. The standard InChI is InChI=1S/C15H14BrNO3/c16-12-8-4-7-11(14(12)18)9-17-13(15(19)20)10-5-2-1-3-6-10/h1-8,13,17-18H,9H2,(H,19,20). The summed E-state index contributed by atoms with van der Waals surface area (Å²) in [4.78, 5) is 11.3. The Kier molecular flexibility index (Phi) is 4.76. The summed E-state index contributed by atoms with van der Waals surface area (Å²) in [6.07, 6.45) is 0. The number of aliphatic carboxylic acids is 1. The van der Waals surface area contributed by atoms with E-state index in [0.717, 1.165) is 0 Å². The summed E-state index contributed by atoms with van der Waals surface area (Å²) in [5.74, 6) is -0.831. The monoisotopic (exact) mass is 335 g/mol. The molecule has 2 aromatic carbocycles. The number of carboxylic acid groups (broad SMARTS) is 1. The zero-order valence-electron chi connectivity index (χ0n) is 10.6. The van der Waals surface area contributed by atoms with Crippen LogP contribution in [0.3, 0.4) is 0 Å². The molecule has 4 nitrogen and oxygen atoms in total. The first-order chi connectivity index (χ1) is 9.59. The number of aromatic hydroxyl groups is 1. The Hall–Kier alpha value is -1.85. The summed E-state index contributed by atoms with van der Waals surface area (Å²) in [7, 11) is 0. The van der Waals surface area contributed by atoms with Gasteiger partial charge in [-0.1, -0.05) is 42.5 Å². The van der Waals surface area contributed by atoms with E-state index < -0.39 is 12.0 Å². The normalized spacial score (nSPS) is 12.1. The molecule has 3 N–H and O–H groups in total. The van der Waals surface area contributed by atoms with Crippen LogP contribution in [0.15, 0.2) is 53.0 Å². The van der Waals surface area contributed by atoms with Gasteiger partial charge in [0.1, 0.15) is 11.8 Å². The van der Waals surface area contributed by atoms with Crippen molar-refractivity contribution in [2.24, 2.45) is 0 Å². The van der Waals surface area contributed by atoms with Crippen molar-refractivity contribution >= 4 is 21.9 Å².